The van der Waals surface area contributed by atoms with E-state index in [-0.39, 0.29) is 0 Å². The van der Waals surface area contributed by atoms with Gasteiger partial charge in [0.25, 0.3) is 5.89 Å². The highest BCUT2D eigenvalue weighted by atomic mass is 32.1. The summed E-state index contributed by atoms with van der Waals surface area (Å²) in [7, 11) is 2.17. The van der Waals surface area contributed by atoms with Crippen LogP contribution in [-0.4, -0.2) is 60.1 Å². The molecule has 34 heavy (non-hydrogen) atoms. The molecule has 5 rings (SSSR count). The van der Waals surface area contributed by atoms with Crippen LogP contribution in [0, 0.1) is 6.92 Å². The predicted octanol–water partition coefficient (Wildman–Crippen LogP) is 4.82. The maximum atomic E-state index is 12.3. The number of halogens is 1. The summed E-state index contributed by atoms with van der Waals surface area (Å²) >= 11 is 1.58. The van der Waals surface area contributed by atoms with Gasteiger partial charge in [-0.05, 0) is 55.9 Å². The third kappa shape index (κ3) is 4.95. The lowest BCUT2D eigenvalue weighted by atomic mass is 10.1. The number of rotatable bonds is 7. The molecule has 1 saturated heterocycles. The Labute approximate surface area is 201 Å². The van der Waals surface area contributed by atoms with E-state index in [1.54, 1.807) is 35.6 Å². The number of aromatic nitrogens is 3. The zero-order valence-electron chi connectivity index (χ0n) is 19.2. The van der Waals surface area contributed by atoms with E-state index in [0.717, 1.165) is 43.9 Å². The Kier molecular flexibility index (Phi) is 6.55. The fourth-order valence-corrected chi connectivity index (χ4v) is 5.01. The summed E-state index contributed by atoms with van der Waals surface area (Å²) in [4.78, 5) is 15.2. The molecule has 176 valence electrons. The summed E-state index contributed by atoms with van der Waals surface area (Å²) < 4.78 is 22.6. The van der Waals surface area contributed by atoms with Gasteiger partial charge in [0, 0.05) is 48.7 Å². The van der Waals surface area contributed by atoms with Crippen LogP contribution in [0.2, 0.25) is 0 Å². The second kappa shape index (κ2) is 9.90. The second-order valence-electron chi connectivity index (χ2n) is 8.37. The fourth-order valence-electron chi connectivity index (χ4n) is 3.99. The lowest BCUT2D eigenvalue weighted by Gasteiger charge is -2.34. The molecular weight excluding hydrogens is 453 g/mol. The average Bonchev–Trinajstić information content (AvgIpc) is 3.48. The van der Waals surface area contributed by atoms with Crippen LogP contribution in [0.3, 0.4) is 0 Å². The first-order valence-corrected chi connectivity index (χ1v) is 12.0. The maximum absolute atomic E-state index is 12.3. The average molecular weight is 480 g/mol. The van der Waals surface area contributed by atoms with Gasteiger partial charge in [-0.15, -0.1) is 11.3 Å². The molecule has 7 nitrogen and oxygen atoms in total. The van der Waals surface area contributed by atoms with Crippen molar-refractivity contribution in [1.29, 1.82) is 0 Å². The van der Waals surface area contributed by atoms with Crippen molar-refractivity contribution in [3.8, 4) is 28.0 Å². The number of ether oxygens (including phenoxy) is 1. The van der Waals surface area contributed by atoms with Crippen molar-refractivity contribution < 1.29 is 13.7 Å². The molecule has 2 aromatic carbocycles. The first-order valence-electron chi connectivity index (χ1n) is 11.2. The number of hydrogen-bond acceptors (Lipinski definition) is 8. The van der Waals surface area contributed by atoms with Gasteiger partial charge < -0.3 is 19.1 Å². The lowest BCUT2D eigenvalue weighted by molar-refractivity contribution is 0.192. The first-order chi connectivity index (χ1) is 16.6. The van der Waals surface area contributed by atoms with E-state index in [4.69, 9.17) is 9.26 Å². The van der Waals surface area contributed by atoms with E-state index < -0.39 is 6.86 Å². The monoisotopic (exact) mass is 479 g/mol. The number of aryl methyl sites for hydroxylation is 1. The predicted molar refractivity (Wildman–Crippen MR) is 131 cm³/mol. The highest BCUT2D eigenvalue weighted by molar-refractivity contribution is 7.15. The largest absolute Gasteiger partial charge is 0.463 e. The molecule has 0 unspecified atom stereocenters. The number of thiazole rings is 1. The molecule has 3 heterocycles. The summed E-state index contributed by atoms with van der Waals surface area (Å²) in [6.07, 6.45) is 0.808. The van der Waals surface area contributed by atoms with Gasteiger partial charge in [-0.25, -0.2) is 9.37 Å². The van der Waals surface area contributed by atoms with E-state index in [2.05, 4.69) is 56.2 Å². The fraction of sp³-hybridized carbons (Fsp3) is 0.320. The lowest BCUT2D eigenvalue weighted by Crippen LogP contribution is -2.44. The summed E-state index contributed by atoms with van der Waals surface area (Å²) in [5, 5.41) is 4.79. The Morgan fingerprint density at radius 1 is 1.06 bits per heavy atom. The molecule has 0 spiro atoms. The normalized spacial score (nSPS) is 14.5. The molecule has 1 fully saturated rings. The second-order valence-corrected chi connectivity index (χ2v) is 9.45. The molecule has 4 aromatic rings. The highest BCUT2D eigenvalue weighted by Crippen LogP contribution is 2.31. The van der Waals surface area contributed by atoms with Gasteiger partial charge in [-0.2, -0.15) is 4.98 Å². The zero-order valence-corrected chi connectivity index (χ0v) is 20.0. The van der Waals surface area contributed by atoms with Gasteiger partial charge in [0.1, 0.15) is 5.75 Å². The number of likely N-dealkylation sites (N-methyl/N-ethyl adjacent to an activating group) is 1. The minimum Gasteiger partial charge on any atom is -0.463 e. The summed E-state index contributed by atoms with van der Waals surface area (Å²) in [6.45, 7) is 5.42. The third-order valence-electron chi connectivity index (χ3n) is 5.98. The van der Waals surface area contributed by atoms with Gasteiger partial charge in [0.05, 0.1) is 5.69 Å². The van der Waals surface area contributed by atoms with Crippen LogP contribution in [-0.2, 0) is 6.42 Å². The van der Waals surface area contributed by atoms with E-state index in [0.29, 0.717) is 22.5 Å². The number of hydrogen-bond donors (Lipinski definition) is 0. The zero-order chi connectivity index (χ0) is 23.5. The number of anilines is 1. The van der Waals surface area contributed by atoms with Crippen LogP contribution in [0.25, 0.3) is 22.3 Å². The molecule has 0 N–H and O–H groups in total. The molecule has 0 amide bonds. The summed E-state index contributed by atoms with van der Waals surface area (Å²) in [5.41, 5.74) is 4.27. The van der Waals surface area contributed by atoms with Crippen LogP contribution in [0.1, 0.15) is 16.1 Å². The molecule has 9 heteroatoms. The van der Waals surface area contributed by atoms with Crippen LogP contribution >= 0.6 is 11.3 Å². The Morgan fingerprint density at radius 2 is 1.85 bits per heavy atom. The first kappa shape index (κ1) is 22.5. The molecule has 1 aliphatic heterocycles. The van der Waals surface area contributed by atoms with Crippen molar-refractivity contribution in [3.63, 3.8) is 0 Å². The molecule has 0 atom stereocenters. The van der Waals surface area contributed by atoms with Gasteiger partial charge >= 0.3 is 0 Å². The topological polar surface area (TPSA) is 67.5 Å². The van der Waals surface area contributed by atoms with Gasteiger partial charge in [0.2, 0.25) is 12.7 Å². The standard InChI is InChI=1S/C25H26FN5O2S/c1-17-22(15-18-4-3-5-20(14-18)31-12-10-30(2)11-13-31)34-25(27-17)24-28-23(29-33-24)19-6-8-21(9-7-19)32-16-26/h3-9,14H,10-13,15-16H2,1-2H3. The minimum atomic E-state index is -0.864. The van der Waals surface area contributed by atoms with Gasteiger partial charge in [0.15, 0.2) is 5.01 Å². The minimum absolute atomic E-state index is 0.393. The van der Waals surface area contributed by atoms with Crippen LogP contribution < -0.4 is 9.64 Å². The quantitative estimate of drug-likeness (QED) is 0.377. The molecule has 0 radical (unpaired) electrons. The SMILES string of the molecule is Cc1nc(-c2nc(-c3ccc(OCF)cc3)no2)sc1Cc1cccc(N2CCN(C)CC2)c1. The maximum Gasteiger partial charge on any atom is 0.287 e. The molecule has 1 aliphatic rings. The molecular formula is C25H26FN5O2S. The van der Waals surface area contributed by atoms with Crippen molar-refractivity contribution in [3.05, 3.63) is 64.7 Å². The Morgan fingerprint density at radius 3 is 2.62 bits per heavy atom. The summed E-state index contributed by atoms with van der Waals surface area (Å²) in [6, 6.07) is 15.7. The molecule has 0 aliphatic carbocycles. The number of piperazine rings is 1. The molecule has 0 bridgehead atoms. The van der Waals surface area contributed by atoms with Crippen LogP contribution in [0.5, 0.6) is 5.75 Å². The van der Waals surface area contributed by atoms with Gasteiger partial charge in [-0.3, -0.25) is 0 Å². The smallest absolute Gasteiger partial charge is 0.287 e. The van der Waals surface area contributed by atoms with Crippen molar-refractivity contribution in [2.24, 2.45) is 0 Å². The third-order valence-corrected chi connectivity index (χ3v) is 7.12. The van der Waals surface area contributed by atoms with Gasteiger partial charge in [-0.1, -0.05) is 17.3 Å². The Balaban J connectivity index is 1.31. The van der Waals surface area contributed by atoms with Crippen molar-refractivity contribution in [2.75, 3.05) is 45.0 Å². The number of alkyl halides is 1. The molecule has 2 aromatic heterocycles. The highest BCUT2D eigenvalue weighted by Gasteiger charge is 2.18. The number of benzene rings is 2. The van der Waals surface area contributed by atoms with Crippen LogP contribution in [0.15, 0.2) is 53.1 Å². The van der Waals surface area contributed by atoms with E-state index >= 15 is 0 Å². The van der Waals surface area contributed by atoms with Crippen LogP contribution in [0.4, 0.5) is 10.1 Å². The van der Waals surface area contributed by atoms with E-state index in [9.17, 15) is 4.39 Å². The van der Waals surface area contributed by atoms with Crippen molar-refractivity contribution >= 4 is 17.0 Å². The molecule has 0 saturated carbocycles. The van der Waals surface area contributed by atoms with E-state index in [1.807, 2.05) is 6.92 Å². The summed E-state index contributed by atoms with van der Waals surface area (Å²) in [5.74, 6) is 1.30. The number of nitrogens with zero attached hydrogens (tertiary/aromatic N) is 5. The Hall–Kier alpha value is -3.30. The Bertz CT molecular complexity index is 1250. The van der Waals surface area contributed by atoms with Crippen molar-refractivity contribution in [2.45, 2.75) is 13.3 Å². The van der Waals surface area contributed by atoms with E-state index in [1.165, 1.54) is 16.1 Å². The van der Waals surface area contributed by atoms with Crippen molar-refractivity contribution in [1.82, 2.24) is 20.0 Å².